The Bertz CT molecular complexity index is 182. The van der Waals surface area contributed by atoms with Gasteiger partial charge in [-0.2, -0.15) is 0 Å². The largest absolute Gasteiger partial charge is 0.352 e. The predicted octanol–water partition coefficient (Wildman–Crippen LogP) is 2.04. The summed E-state index contributed by atoms with van der Waals surface area (Å²) < 4.78 is 0. The summed E-state index contributed by atoms with van der Waals surface area (Å²) in [6.07, 6.45) is 5.63. The van der Waals surface area contributed by atoms with Gasteiger partial charge in [-0.15, -0.1) is 0 Å². The average Bonchev–Trinajstić information content (AvgIpc) is 2.05. The minimum atomic E-state index is -0.0680. The van der Waals surface area contributed by atoms with Crippen LogP contribution in [0.2, 0.25) is 0 Å². The first-order valence-corrected chi connectivity index (χ1v) is 4.32. The molecule has 0 atom stereocenters. The number of amides is 1. The van der Waals surface area contributed by atoms with Crippen molar-refractivity contribution in [3.63, 3.8) is 0 Å². The summed E-state index contributed by atoms with van der Waals surface area (Å²) >= 11 is 0. The van der Waals surface area contributed by atoms with Gasteiger partial charge >= 0.3 is 0 Å². The Morgan fingerprint density at radius 1 is 1.58 bits per heavy atom. The van der Waals surface area contributed by atoms with Crippen LogP contribution in [0.5, 0.6) is 0 Å². The van der Waals surface area contributed by atoms with Crippen LogP contribution in [0, 0.1) is 0 Å². The van der Waals surface area contributed by atoms with Crippen LogP contribution in [0.15, 0.2) is 24.3 Å². The van der Waals surface area contributed by atoms with Gasteiger partial charge in [0.1, 0.15) is 0 Å². The highest BCUT2D eigenvalue weighted by Crippen LogP contribution is 1.92. The van der Waals surface area contributed by atoms with Crippen molar-refractivity contribution >= 4 is 5.91 Å². The molecule has 0 unspecified atom stereocenters. The Kier molecular flexibility index (Phi) is 6.07. The molecule has 0 aromatic rings. The summed E-state index contributed by atoms with van der Waals surface area (Å²) in [4.78, 5) is 11.1. The molecule has 0 fully saturated rings. The van der Waals surface area contributed by atoms with Gasteiger partial charge in [-0.1, -0.05) is 32.1 Å². The highest BCUT2D eigenvalue weighted by molar-refractivity contribution is 5.95. The van der Waals surface area contributed by atoms with Crippen molar-refractivity contribution in [2.45, 2.75) is 26.7 Å². The summed E-state index contributed by atoms with van der Waals surface area (Å²) in [6, 6.07) is 0. The topological polar surface area (TPSA) is 29.1 Å². The molecule has 1 amide bonds. The van der Waals surface area contributed by atoms with E-state index in [4.69, 9.17) is 0 Å². The average molecular weight is 167 g/mol. The molecule has 0 saturated heterocycles. The summed E-state index contributed by atoms with van der Waals surface area (Å²) in [5, 5.41) is 2.78. The quantitative estimate of drug-likeness (QED) is 0.379. The summed E-state index contributed by atoms with van der Waals surface area (Å²) in [5.74, 6) is -0.0680. The number of nitrogens with one attached hydrogen (secondary N) is 1. The summed E-state index contributed by atoms with van der Waals surface area (Å²) in [6.45, 7) is 8.32. The molecular formula is C10H17NO. The minimum absolute atomic E-state index is 0.0680. The molecule has 0 aromatic heterocycles. The number of hydrogen-bond acceptors (Lipinski definition) is 1. The highest BCUT2D eigenvalue weighted by atomic mass is 16.1. The fourth-order valence-electron chi connectivity index (χ4n) is 0.769. The van der Waals surface area contributed by atoms with E-state index in [0.29, 0.717) is 5.57 Å². The van der Waals surface area contributed by atoms with Gasteiger partial charge in [0.05, 0.1) is 0 Å². The molecule has 0 rings (SSSR count). The maximum atomic E-state index is 11.1. The number of allylic oxidation sites excluding steroid dienone is 1. The zero-order valence-corrected chi connectivity index (χ0v) is 7.89. The third-order valence-electron chi connectivity index (χ3n) is 1.48. The number of carbonyl (C=O) groups is 1. The molecule has 2 heteroatoms. The van der Waals surface area contributed by atoms with Crippen molar-refractivity contribution in [3.05, 3.63) is 24.3 Å². The maximum absolute atomic E-state index is 11.1. The standard InChI is InChI=1S/C10H17NO/c1-4-6-8-11-10(12)9(3)7-5-2/h5,7H,3-4,6,8H2,1-2H3,(H,11,12)/b7-5-. The fraction of sp³-hybridized carbons (Fsp3) is 0.500. The molecule has 0 spiro atoms. The first-order chi connectivity index (χ1) is 5.72. The normalized spacial score (nSPS) is 10.2. The van der Waals surface area contributed by atoms with Crippen LogP contribution < -0.4 is 5.32 Å². The van der Waals surface area contributed by atoms with Gasteiger partial charge in [0.25, 0.3) is 5.91 Å². The van der Waals surface area contributed by atoms with Crippen LogP contribution in [-0.4, -0.2) is 12.5 Å². The van der Waals surface area contributed by atoms with E-state index >= 15 is 0 Å². The van der Waals surface area contributed by atoms with E-state index in [0.717, 1.165) is 19.4 Å². The Morgan fingerprint density at radius 3 is 2.75 bits per heavy atom. The first kappa shape index (κ1) is 11.0. The SMILES string of the molecule is C=C(/C=C\C)C(=O)NCCCC. The Morgan fingerprint density at radius 2 is 2.25 bits per heavy atom. The summed E-state index contributed by atoms with van der Waals surface area (Å²) in [7, 11) is 0. The van der Waals surface area contributed by atoms with Crippen molar-refractivity contribution in [1.29, 1.82) is 0 Å². The Balaban J connectivity index is 3.65. The Hall–Kier alpha value is -1.05. The van der Waals surface area contributed by atoms with Gasteiger partial charge in [-0.05, 0) is 13.3 Å². The van der Waals surface area contributed by atoms with E-state index < -0.39 is 0 Å². The lowest BCUT2D eigenvalue weighted by Gasteiger charge is -2.02. The lowest BCUT2D eigenvalue weighted by molar-refractivity contribution is -0.117. The van der Waals surface area contributed by atoms with Crippen LogP contribution in [0.25, 0.3) is 0 Å². The van der Waals surface area contributed by atoms with Crippen molar-refractivity contribution in [2.24, 2.45) is 0 Å². The van der Waals surface area contributed by atoms with Gasteiger partial charge in [0.2, 0.25) is 0 Å². The molecular weight excluding hydrogens is 150 g/mol. The Labute approximate surface area is 74.4 Å². The van der Waals surface area contributed by atoms with E-state index in [-0.39, 0.29) is 5.91 Å². The zero-order chi connectivity index (χ0) is 9.40. The van der Waals surface area contributed by atoms with Crippen LogP contribution in [0.3, 0.4) is 0 Å². The lowest BCUT2D eigenvalue weighted by Crippen LogP contribution is -2.24. The molecule has 0 heterocycles. The van der Waals surface area contributed by atoms with E-state index in [9.17, 15) is 4.79 Å². The molecule has 12 heavy (non-hydrogen) atoms. The van der Waals surface area contributed by atoms with Gasteiger partial charge in [-0.3, -0.25) is 4.79 Å². The van der Waals surface area contributed by atoms with Crippen LogP contribution in [-0.2, 0) is 4.79 Å². The summed E-state index contributed by atoms with van der Waals surface area (Å²) in [5.41, 5.74) is 0.522. The molecule has 0 radical (unpaired) electrons. The highest BCUT2D eigenvalue weighted by Gasteiger charge is 2.00. The molecule has 0 aliphatic rings. The maximum Gasteiger partial charge on any atom is 0.250 e. The molecule has 0 aliphatic carbocycles. The van der Waals surface area contributed by atoms with Crippen molar-refractivity contribution in [2.75, 3.05) is 6.54 Å². The monoisotopic (exact) mass is 167 g/mol. The number of rotatable bonds is 5. The lowest BCUT2D eigenvalue weighted by atomic mass is 10.2. The van der Waals surface area contributed by atoms with E-state index in [1.807, 2.05) is 13.0 Å². The predicted molar refractivity (Wildman–Crippen MR) is 51.9 cm³/mol. The smallest absolute Gasteiger partial charge is 0.250 e. The van der Waals surface area contributed by atoms with E-state index in [1.165, 1.54) is 0 Å². The van der Waals surface area contributed by atoms with Gasteiger partial charge in [-0.25, -0.2) is 0 Å². The molecule has 0 aliphatic heterocycles. The van der Waals surface area contributed by atoms with Crippen LogP contribution in [0.1, 0.15) is 26.7 Å². The van der Waals surface area contributed by atoms with Gasteiger partial charge in [0.15, 0.2) is 0 Å². The minimum Gasteiger partial charge on any atom is -0.352 e. The second-order valence-corrected chi connectivity index (χ2v) is 2.63. The van der Waals surface area contributed by atoms with Gasteiger partial charge < -0.3 is 5.32 Å². The third kappa shape index (κ3) is 4.72. The number of unbranched alkanes of at least 4 members (excludes halogenated alkanes) is 1. The van der Waals surface area contributed by atoms with Crippen LogP contribution >= 0.6 is 0 Å². The second kappa shape index (κ2) is 6.65. The van der Waals surface area contributed by atoms with Crippen molar-refractivity contribution in [1.82, 2.24) is 5.32 Å². The third-order valence-corrected chi connectivity index (χ3v) is 1.48. The van der Waals surface area contributed by atoms with Gasteiger partial charge in [0, 0.05) is 12.1 Å². The molecule has 0 bridgehead atoms. The zero-order valence-electron chi connectivity index (χ0n) is 7.89. The molecule has 0 saturated carbocycles. The van der Waals surface area contributed by atoms with E-state index in [1.54, 1.807) is 6.08 Å². The second-order valence-electron chi connectivity index (χ2n) is 2.63. The van der Waals surface area contributed by atoms with Crippen molar-refractivity contribution < 1.29 is 4.79 Å². The molecule has 2 nitrogen and oxygen atoms in total. The van der Waals surface area contributed by atoms with Crippen LogP contribution in [0.4, 0.5) is 0 Å². The van der Waals surface area contributed by atoms with Crippen molar-refractivity contribution in [3.8, 4) is 0 Å². The first-order valence-electron chi connectivity index (χ1n) is 4.32. The molecule has 0 aromatic carbocycles. The number of hydrogen-bond donors (Lipinski definition) is 1. The fourth-order valence-corrected chi connectivity index (χ4v) is 0.769. The molecule has 68 valence electrons. The molecule has 1 N–H and O–H groups in total. The van der Waals surface area contributed by atoms with E-state index in [2.05, 4.69) is 18.8 Å². The number of carbonyl (C=O) groups excluding carboxylic acids is 1.